The average molecular weight is 325 g/mol. The predicted octanol–water partition coefficient (Wildman–Crippen LogP) is 3.56. The second-order valence-electron chi connectivity index (χ2n) is 5.23. The summed E-state index contributed by atoms with van der Waals surface area (Å²) in [5.74, 6) is 0. The summed E-state index contributed by atoms with van der Waals surface area (Å²) in [4.78, 5) is 0. The van der Waals surface area contributed by atoms with Gasteiger partial charge in [0.25, 0.3) is 0 Å². The van der Waals surface area contributed by atoms with Crippen LogP contribution in [0.5, 0.6) is 0 Å². The number of thioether (sulfide) groups is 1. The third-order valence-corrected chi connectivity index (χ3v) is 4.27. The number of amidine groups is 1. The maximum atomic E-state index is 9.95. The van der Waals surface area contributed by atoms with Crippen LogP contribution >= 0.6 is 11.8 Å². The molecule has 118 valence electrons. The van der Waals surface area contributed by atoms with Crippen LogP contribution < -0.4 is 9.80 Å². The first-order valence-electron chi connectivity index (χ1n) is 7.44. The van der Waals surface area contributed by atoms with Gasteiger partial charge < -0.3 is 5.32 Å². The van der Waals surface area contributed by atoms with Gasteiger partial charge in [0.2, 0.25) is 0 Å². The number of nitrogens with zero attached hydrogens (tertiary/aromatic N) is 2. The highest BCUT2D eigenvalue weighted by atomic mass is 32.2. The van der Waals surface area contributed by atoms with Gasteiger partial charge in [-0.2, -0.15) is 4.48 Å². The van der Waals surface area contributed by atoms with Gasteiger partial charge in [0.1, 0.15) is 18.8 Å². The van der Waals surface area contributed by atoms with Crippen LogP contribution in [0.25, 0.3) is 0 Å². The zero-order valence-electron chi connectivity index (χ0n) is 13.2. The number of quaternary nitrogens is 1. The molecule has 0 saturated carbocycles. The largest absolute Gasteiger partial charge is 0.359 e. The number of rotatable bonds is 6. The Hall–Kier alpha value is -2.29. The van der Waals surface area contributed by atoms with Gasteiger partial charge in [-0.25, -0.2) is 0 Å². The zero-order chi connectivity index (χ0) is 16.5. The van der Waals surface area contributed by atoms with Crippen molar-refractivity contribution in [2.45, 2.75) is 6.54 Å². The van der Waals surface area contributed by atoms with E-state index in [9.17, 15) is 5.26 Å². The molecule has 2 aromatic carbocycles. The molecule has 0 aromatic heterocycles. The van der Waals surface area contributed by atoms with Crippen LogP contribution in [0.2, 0.25) is 0 Å². The third kappa shape index (κ3) is 4.59. The van der Waals surface area contributed by atoms with Crippen LogP contribution in [-0.4, -0.2) is 24.5 Å². The number of hydrogen-bond donors (Lipinski definition) is 2. The molecule has 2 rings (SSSR count). The monoisotopic (exact) mass is 325 g/mol. The predicted molar refractivity (Wildman–Crippen MR) is 98.1 cm³/mol. The minimum atomic E-state index is 0.194. The normalized spacial score (nSPS) is 12.9. The van der Waals surface area contributed by atoms with Crippen LogP contribution in [0.1, 0.15) is 5.56 Å². The Morgan fingerprint density at radius 3 is 2.30 bits per heavy atom. The van der Waals surface area contributed by atoms with Crippen molar-refractivity contribution in [2.24, 2.45) is 0 Å². The van der Waals surface area contributed by atoms with Gasteiger partial charge in [0, 0.05) is 17.7 Å². The lowest BCUT2D eigenvalue weighted by Crippen LogP contribution is -2.48. The molecule has 0 aliphatic carbocycles. The minimum Gasteiger partial charge on any atom is -0.359 e. The van der Waals surface area contributed by atoms with Crippen molar-refractivity contribution in [2.75, 3.05) is 19.3 Å². The molecule has 0 amide bonds. The highest BCUT2D eigenvalue weighted by Crippen LogP contribution is 2.25. The molecule has 0 heterocycles. The lowest BCUT2D eigenvalue weighted by atomic mass is 10.1. The van der Waals surface area contributed by atoms with Gasteiger partial charge in [-0.05, 0) is 6.26 Å². The zero-order valence-corrected chi connectivity index (χ0v) is 14.0. The van der Waals surface area contributed by atoms with E-state index in [0.717, 1.165) is 11.3 Å². The summed E-state index contributed by atoms with van der Waals surface area (Å²) < 4.78 is 0.194. The summed E-state index contributed by atoms with van der Waals surface area (Å²) in [5, 5.41) is 21.1. The van der Waals surface area contributed by atoms with E-state index in [2.05, 4.69) is 11.5 Å². The summed E-state index contributed by atoms with van der Waals surface area (Å²) in [5.41, 5.74) is 2.09. The first-order valence-corrected chi connectivity index (χ1v) is 8.67. The maximum absolute atomic E-state index is 9.95. The first-order chi connectivity index (χ1) is 11.2. The Labute approximate surface area is 141 Å². The lowest BCUT2D eigenvalue weighted by molar-refractivity contribution is 0.380. The van der Waals surface area contributed by atoms with Gasteiger partial charge in [0.05, 0.1) is 6.54 Å². The fourth-order valence-electron chi connectivity index (χ4n) is 2.48. The van der Waals surface area contributed by atoms with Crippen molar-refractivity contribution in [3.63, 3.8) is 0 Å². The van der Waals surface area contributed by atoms with E-state index < -0.39 is 0 Å². The molecule has 2 aromatic rings. The van der Waals surface area contributed by atoms with Crippen molar-refractivity contribution in [3.05, 3.63) is 66.2 Å². The van der Waals surface area contributed by atoms with Crippen LogP contribution in [0.15, 0.2) is 60.7 Å². The van der Waals surface area contributed by atoms with E-state index in [1.807, 2.05) is 66.9 Å². The average Bonchev–Trinajstić information content (AvgIpc) is 2.62. The summed E-state index contributed by atoms with van der Waals surface area (Å²) in [6.07, 6.45) is 4.36. The van der Waals surface area contributed by atoms with Crippen LogP contribution in [0, 0.1) is 16.9 Å². The Morgan fingerprint density at radius 2 is 1.74 bits per heavy atom. The number of para-hydroxylation sites is 1. The van der Waals surface area contributed by atoms with Crippen molar-refractivity contribution in [1.82, 2.24) is 9.80 Å². The first kappa shape index (κ1) is 17.1. The van der Waals surface area contributed by atoms with E-state index >= 15 is 0 Å². The van der Waals surface area contributed by atoms with Crippen molar-refractivity contribution >= 4 is 22.6 Å². The van der Waals surface area contributed by atoms with Gasteiger partial charge in [-0.1, -0.05) is 60.3 Å². The molecule has 0 aliphatic heterocycles. The van der Waals surface area contributed by atoms with Crippen LogP contribution in [0.4, 0.5) is 5.69 Å². The molecule has 0 fully saturated rings. The van der Waals surface area contributed by atoms with Crippen LogP contribution in [-0.2, 0) is 6.54 Å². The third-order valence-electron chi connectivity index (χ3n) is 3.72. The standard InChI is InChI=1S/C18H21N4S/c1-23-18(20)21-12-13-22(15-19,17-10-6-3-7-11-17)14-16-8-4-2-5-9-16/h2-11H,12-14H2,1H3,(H2,20,21)/q+1. The Morgan fingerprint density at radius 1 is 1.13 bits per heavy atom. The molecule has 0 saturated heterocycles. The molecule has 0 bridgehead atoms. The summed E-state index contributed by atoms with van der Waals surface area (Å²) in [7, 11) is 0. The lowest BCUT2D eigenvalue weighted by Gasteiger charge is -2.29. The molecular weight excluding hydrogens is 304 g/mol. The topological polar surface area (TPSA) is 59.7 Å². The number of hydrogen-bond acceptors (Lipinski definition) is 3. The molecule has 23 heavy (non-hydrogen) atoms. The number of nitriles is 1. The van der Waals surface area contributed by atoms with Crippen molar-refractivity contribution in [3.8, 4) is 6.19 Å². The van der Waals surface area contributed by atoms with Crippen molar-refractivity contribution in [1.29, 1.82) is 10.7 Å². The molecule has 4 nitrogen and oxygen atoms in total. The Balaban J connectivity index is 2.25. The fraction of sp³-hybridized carbons (Fsp3) is 0.222. The quantitative estimate of drug-likeness (QED) is 0.369. The molecule has 2 N–H and O–H groups in total. The highest BCUT2D eigenvalue weighted by Gasteiger charge is 2.31. The van der Waals surface area contributed by atoms with Gasteiger partial charge in [0.15, 0.2) is 5.17 Å². The van der Waals surface area contributed by atoms with E-state index in [0.29, 0.717) is 24.8 Å². The van der Waals surface area contributed by atoms with E-state index in [-0.39, 0.29) is 4.48 Å². The number of nitrogens with one attached hydrogen (secondary N) is 2. The molecule has 0 spiro atoms. The second kappa shape index (κ2) is 8.37. The van der Waals surface area contributed by atoms with E-state index in [4.69, 9.17) is 5.41 Å². The number of benzene rings is 2. The molecular formula is C18H21N4S+. The maximum Gasteiger partial charge on any atom is 0.314 e. The summed E-state index contributed by atoms with van der Waals surface area (Å²) in [6.45, 7) is 1.78. The van der Waals surface area contributed by atoms with Gasteiger partial charge in [-0.3, -0.25) is 5.41 Å². The second-order valence-corrected chi connectivity index (χ2v) is 6.05. The molecule has 0 aliphatic rings. The molecule has 1 unspecified atom stereocenters. The van der Waals surface area contributed by atoms with Gasteiger partial charge in [-0.15, -0.1) is 5.26 Å². The molecule has 0 radical (unpaired) electrons. The Bertz CT molecular complexity index is 666. The SMILES string of the molecule is CSC(=N)NCC[N+](C#N)(Cc1ccccc1)c1ccccc1. The van der Waals surface area contributed by atoms with Crippen LogP contribution in [0.3, 0.4) is 0 Å². The van der Waals surface area contributed by atoms with E-state index in [1.54, 1.807) is 0 Å². The highest BCUT2D eigenvalue weighted by molar-refractivity contribution is 8.13. The summed E-state index contributed by atoms with van der Waals surface area (Å²) >= 11 is 1.37. The smallest absolute Gasteiger partial charge is 0.314 e. The van der Waals surface area contributed by atoms with Crippen molar-refractivity contribution < 1.29 is 0 Å². The minimum absolute atomic E-state index is 0.194. The molecule has 1 atom stereocenters. The van der Waals surface area contributed by atoms with E-state index in [1.165, 1.54) is 11.8 Å². The summed E-state index contributed by atoms with van der Waals surface area (Å²) in [6, 6.07) is 19.9. The molecule has 5 heteroatoms. The van der Waals surface area contributed by atoms with Gasteiger partial charge >= 0.3 is 6.19 Å². The Kier molecular flexibility index (Phi) is 6.21. The fourth-order valence-corrected chi connectivity index (χ4v) is 2.73.